The summed E-state index contributed by atoms with van der Waals surface area (Å²) in [5.41, 5.74) is 2.29. The van der Waals surface area contributed by atoms with E-state index in [0.29, 0.717) is 6.42 Å². The third kappa shape index (κ3) is 3.03. The molecule has 0 aromatic heterocycles. The first-order chi connectivity index (χ1) is 8.33. The molecule has 4 heteroatoms. The molecule has 96 valence electrons. The second-order valence-corrected chi connectivity index (χ2v) is 5.36. The van der Waals surface area contributed by atoms with E-state index in [-0.39, 0.29) is 5.75 Å². The lowest BCUT2D eigenvalue weighted by Crippen LogP contribution is -2.32. The van der Waals surface area contributed by atoms with Gasteiger partial charge in [-0.25, -0.2) is 4.79 Å². The molecule has 0 saturated heterocycles. The number of nitrogens with one attached hydrogen (secondary N) is 1. The molecule has 4 nitrogen and oxygen atoms in total. The first kappa shape index (κ1) is 12.5. The summed E-state index contributed by atoms with van der Waals surface area (Å²) in [5.74, 6) is 0.225. The van der Waals surface area contributed by atoms with Crippen molar-refractivity contribution in [3.63, 3.8) is 0 Å². The fourth-order valence-corrected chi connectivity index (χ4v) is 1.84. The second kappa shape index (κ2) is 4.37. The summed E-state index contributed by atoms with van der Waals surface area (Å²) in [7, 11) is 0. The van der Waals surface area contributed by atoms with E-state index in [4.69, 9.17) is 4.74 Å². The Morgan fingerprint density at radius 3 is 2.78 bits per heavy atom. The number of allylic oxidation sites excluding steroid dienone is 1. The van der Waals surface area contributed by atoms with Crippen LogP contribution in [0.25, 0.3) is 6.08 Å². The Labute approximate surface area is 106 Å². The number of alkyl carbamates (subject to hydrolysis) is 1. The highest BCUT2D eigenvalue weighted by molar-refractivity contribution is 5.75. The van der Waals surface area contributed by atoms with Crippen molar-refractivity contribution in [3.8, 4) is 5.75 Å². The number of amides is 1. The molecule has 0 radical (unpaired) electrons. The summed E-state index contributed by atoms with van der Waals surface area (Å²) in [5, 5.41) is 12.1. The van der Waals surface area contributed by atoms with Crippen molar-refractivity contribution in [1.29, 1.82) is 0 Å². The number of carbonyl (C=O) groups is 1. The van der Waals surface area contributed by atoms with Crippen LogP contribution in [0.1, 0.15) is 31.9 Å². The maximum atomic E-state index is 11.6. The molecule has 2 N–H and O–H groups in total. The summed E-state index contributed by atoms with van der Waals surface area (Å²) in [6.07, 6.45) is 2.04. The topological polar surface area (TPSA) is 58.6 Å². The highest BCUT2D eigenvalue weighted by Crippen LogP contribution is 2.26. The number of aromatic hydroxyl groups is 1. The normalized spacial score (nSPS) is 13.8. The average Bonchev–Trinajstić information content (AvgIpc) is 2.55. The van der Waals surface area contributed by atoms with Crippen LogP contribution in [-0.2, 0) is 11.2 Å². The number of fused-ring (bicyclic) bond motifs is 1. The highest BCUT2D eigenvalue weighted by atomic mass is 16.6. The maximum absolute atomic E-state index is 11.6. The first-order valence-corrected chi connectivity index (χ1v) is 5.86. The SMILES string of the molecule is CC(C)(C)OC(=O)NC1=Cc2cc(O)ccc2C1. The van der Waals surface area contributed by atoms with E-state index in [1.54, 1.807) is 12.1 Å². The molecule has 1 aliphatic carbocycles. The Bertz CT molecular complexity index is 512. The summed E-state index contributed by atoms with van der Waals surface area (Å²) >= 11 is 0. The lowest BCUT2D eigenvalue weighted by Gasteiger charge is -2.19. The third-order valence-electron chi connectivity index (χ3n) is 2.50. The maximum Gasteiger partial charge on any atom is 0.411 e. The summed E-state index contributed by atoms with van der Waals surface area (Å²) < 4.78 is 5.18. The number of rotatable bonds is 1. The van der Waals surface area contributed by atoms with Gasteiger partial charge >= 0.3 is 6.09 Å². The van der Waals surface area contributed by atoms with Gasteiger partial charge in [0.1, 0.15) is 11.4 Å². The minimum Gasteiger partial charge on any atom is -0.508 e. The van der Waals surface area contributed by atoms with Crippen LogP contribution in [0.15, 0.2) is 23.9 Å². The van der Waals surface area contributed by atoms with Crippen molar-refractivity contribution in [2.75, 3.05) is 0 Å². The standard InChI is InChI=1S/C14H17NO3/c1-14(2,3)18-13(17)15-11-6-9-4-5-12(16)8-10(9)7-11/h4-5,7-8,16H,6H2,1-3H3,(H,15,17). The van der Waals surface area contributed by atoms with Gasteiger partial charge < -0.3 is 9.84 Å². The highest BCUT2D eigenvalue weighted by Gasteiger charge is 2.19. The Hall–Kier alpha value is -1.97. The Balaban J connectivity index is 2.02. The van der Waals surface area contributed by atoms with Gasteiger partial charge in [-0.2, -0.15) is 0 Å². The fraction of sp³-hybridized carbons (Fsp3) is 0.357. The number of benzene rings is 1. The van der Waals surface area contributed by atoms with E-state index in [2.05, 4.69) is 5.32 Å². The molecule has 0 aliphatic heterocycles. The zero-order valence-electron chi connectivity index (χ0n) is 10.8. The lowest BCUT2D eigenvalue weighted by atomic mass is 10.1. The number of phenolic OH excluding ortho intramolecular Hbond substituents is 1. The van der Waals surface area contributed by atoms with Crippen LogP contribution < -0.4 is 5.32 Å². The summed E-state index contributed by atoms with van der Waals surface area (Å²) in [4.78, 5) is 11.6. The molecule has 2 rings (SSSR count). The van der Waals surface area contributed by atoms with Crippen molar-refractivity contribution in [3.05, 3.63) is 35.0 Å². The monoisotopic (exact) mass is 247 g/mol. The smallest absolute Gasteiger partial charge is 0.411 e. The number of phenols is 1. The fourth-order valence-electron chi connectivity index (χ4n) is 1.84. The van der Waals surface area contributed by atoms with E-state index in [0.717, 1.165) is 16.8 Å². The van der Waals surface area contributed by atoms with Crippen LogP contribution in [0.3, 0.4) is 0 Å². The molecule has 0 saturated carbocycles. The molecule has 0 bridgehead atoms. The molecule has 1 amide bonds. The molecule has 1 aromatic carbocycles. The molecule has 1 aromatic rings. The van der Waals surface area contributed by atoms with Gasteiger partial charge in [-0.15, -0.1) is 0 Å². The van der Waals surface area contributed by atoms with Crippen LogP contribution in [0, 0.1) is 0 Å². The molecule has 1 aliphatic rings. The minimum absolute atomic E-state index is 0.225. The summed E-state index contributed by atoms with van der Waals surface area (Å²) in [6.45, 7) is 5.47. The van der Waals surface area contributed by atoms with Gasteiger partial charge in [-0.05, 0) is 50.1 Å². The van der Waals surface area contributed by atoms with Gasteiger partial charge in [-0.3, -0.25) is 5.32 Å². The van der Waals surface area contributed by atoms with Gasteiger partial charge in [-0.1, -0.05) is 6.07 Å². The molecular formula is C14H17NO3. The van der Waals surface area contributed by atoms with Crippen molar-refractivity contribution in [2.45, 2.75) is 32.8 Å². The van der Waals surface area contributed by atoms with Crippen LogP contribution >= 0.6 is 0 Å². The molecule has 0 fully saturated rings. The predicted molar refractivity (Wildman–Crippen MR) is 69.2 cm³/mol. The van der Waals surface area contributed by atoms with Gasteiger partial charge in [0.05, 0.1) is 0 Å². The molecular weight excluding hydrogens is 230 g/mol. The number of hydrogen-bond donors (Lipinski definition) is 2. The molecule has 0 unspecified atom stereocenters. The van der Waals surface area contributed by atoms with Crippen LogP contribution in [-0.4, -0.2) is 16.8 Å². The number of hydrogen-bond acceptors (Lipinski definition) is 3. The van der Waals surface area contributed by atoms with E-state index >= 15 is 0 Å². The van der Waals surface area contributed by atoms with Gasteiger partial charge in [0.25, 0.3) is 0 Å². The molecule has 0 heterocycles. The Morgan fingerprint density at radius 2 is 2.11 bits per heavy atom. The lowest BCUT2D eigenvalue weighted by molar-refractivity contribution is 0.0545. The molecule has 18 heavy (non-hydrogen) atoms. The van der Waals surface area contributed by atoms with E-state index in [1.165, 1.54) is 0 Å². The zero-order chi connectivity index (χ0) is 13.3. The van der Waals surface area contributed by atoms with Gasteiger partial charge in [0.15, 0.2) is 0 Å². The van der Waals surface area contributed by atoms with Crippen LogP contribution in [0.2, 0.25) is 0 Å². The van der Waals surface area contributed by atoms with E-state index < -0.39 is 11.7 Å². The quantitative estimate of drug-likeness (QED) is 0.802. The van der Waals surface area contributed by atoms with Crippen LogP contribution in [0.4, 0.5) is 4.79 Å². The summed E-state index contributed by atoms with van der Waals surface area (Å²) in [6, 6.07) is 5.17. The Kier molecular flexibility index (Phi) is 3.03. The number of ether oxygens (including phenoxy) is 1. The molecule has 0 atom stereocenters. The second-order valence-electron chi connectivity index (χ2n) is 5.36. The van der Waals surface area contributed by atoms with Crippen molar-refractivity contribution < 1.29 is 14.6 Å². The average molecular weight is 247 g/mol. The van der Waals surface area contributed by atoms with Crippen molar-refractivity contribution in [2.24, 2.45) is 0 Å². The molecule has 0 spiro atoms. The first-order valence-electron chi connectivity index (χ1n) is 5.86. The predicted octanol–water partition coefficient (Wildman–Crippen LogP) is 2.81. The van der Waals surface area contributed by atoms with Gasteiger partial charge in [0.2, 0.25) is 0 Å². The van der Waals surface area contributed by atoms with E-state index in [1.807, 2.05) is 32.9 Å². The minimum atomic E-state index is -0.506. The van der Waals surface area contributed by atoms with Crippen molar-refractivity contribution in [1.82, 2.24) is 5.32 Å². The third-order valence-corrected chi connectivity index (χ3v) is 2.50. The largest absolute Gasteiger partial charge is 0.508 e. The van der Waals surface area contributed by atoms with Crippen molar-refractivity contribution >= 4 is 12.2 Å². The van der Waals surface area contributed by atoms with Crippen LogP contribution in [0.5, 0.6) is 5.75 Å². The zero-order valence-corrected chi connectivity index (χ0v) is 10.8. The van der Waals surface area contributed by atoms with E-state index in [9.17, 15) is 9.90 Å². The number of carbonyl (C=O) groups excluding carboxylic acids is 1. The Morgan fingerprint density at radius 1 is 1.39 bits per heavy atom. The van der Waals surface area contributed by atoms with Gasteiger partial charge in [0, 0.05) is 12.1 Å².